The Balaban J connectivity index is 0.000000208. The third kappa shape index (κ3) is 20.4. The first-order valence-electron chi connectivity index (χ1n) is 50.5. The van der Waals surface area contributed by atoms with Gasteiger partial charge in [-0.05, 0) is 186 Å². The molecule has 802 valence electrons. The van der Waals surface area contributed by atoms with Gasteiger partial charge in [-0.3, -0.25) is 42.7 Å². The normalized spacial score (nSPS) is 32.1. The highest BCUT2D eigenvalue weighted by atomic mass is 16.7. The Morgan fingerprint density at radius 2 is 0.741 bits per heavy atom. The van der Waals surface area contributed by atoms with Crippen LogP contribution in [0.4, 0.5) is 0 Å². The maximum Gasteiger partial charge on any atom is 0.375 e. The first-order valence-corrected chi connectivity index (χ1v) is 50.5. The molecule has 3 saturated heterocycles. The SMILES string of the molecule is C.C.C.C.C.C.C.CCOC(=O)C(=O)C1CC[C@H]2[C@H](C)C3(CC[C@]2(C)C1=O)OCCO3.CCOC(=O)c1c2c(nn1C)[C@@]1(C)C/C(=C/O)C(=O)[C@@H](C)[C@@H]1CC2.CCOC(=O)c1c2c(nn1C)[C@@]1(C)CCC(=O)[C@@H](C)[C@@H]1CC2.CCOC(=O)c1c2c(nn1C)[C@@]1(C)CCC3(OCCO3)[C@@H](C)[C@@H]1CC2.CCOC(=O)c1c2c(nn1C)[C@@]1(C)Cc3cnoc3[C@@H](C)[C@@H]1CC2.C[C@H]1[C@@H]2CCCC(=O)[C@@]2(C)CCC12OCCO2. The summed E-state index contributed by atoms with van der Waals surface area (Å²) in [6.07, 6.45) is 21.5. The fourth-order valence-corrected chi connectivity index (χ4v) is 28.6. The molecular formula is C111H175N9O23. The van der Waals surface area contributed by atoms with Crippen molar-refractivity contribution >= 4 is 58.8 Å². The molecule has 143 heavy (non-hydrogen) atoms. The topological polar surface area (TPSA) is 390 Å². The second kappa shape index (κ2) is 46.2. The fraction of sp³-hybridized carbons (Fsp3) is 0.757. The number of aliphatic hydroxyl groups is 1. The number of allylic oxidation sites excluding steroid dienone is 1. The molecule has 10 fully saturated rings. The minimum Gasteiger partial charge on any atom is -0.515 e. The lowest BCUT2D eigenvalue weighted by Crippen LogP contribution is -2.58. The van der Waals surface area contributed by atoms with E-state index in [2.05, 4.69) is 77.7 Å². The third-order valence-electron chi connectivity index (χ3n) is 35.8. The summed E-state index contributed by atoms with van der Waals surface area (Å²) in [5.74, 6) is -0.364. The van der Waals surface area contributed by atoms with E-state index in [9.17, 15) is 53.1 Å². The van der Waals surface area contributed by atoms with Gasteiger partial charge in [0.1, 0.15) is 45.9 Å². The number of aromatic nitrogens is 9. The van der Waals surface area contributed by atoms with Crippen LogP contribution in [-0.2, 0) is 163 Å². The molecule has 1 unspecified atom stereocenters. The van der Waals surface area contributed by atoms with E-state index in [4.69, 9.17) is 66.8 Å². The first-order chi connectivity index (χ1) is 64.6. The Labute approximate surface area is 850 Å². The average molecular weight is 2000 g/mol. The number of Topliss-reactive ketones (excluding diaryl/α,β-unsaturated/α-hetero) is 5. The number of hydrogen-bond donors (Lipinski definition) is 1. The van der Waals surface area contributed by atoms with Gasteiger partial charge in [0, 0.05) is 162 Å². The number of fused-ring (bicyclic) bond motifs is 15. The average Bonchev–Trinajstić information content (AvgIpc) is 1.57. The van der Waals surface area contributed by atoms with E-state index < -0.39 is 34.7 Å². The van der Waals surface area contributed by atoms with Crippen LogP contribution >= 0.6 is 0 Å². The molecule has 1 N–H and O–H groups in total. The van der Waals surface area contributed by atoms with Gasteiger partial charge in [0.15, 0.2) is 23.1 Å². The number of esters is 5. The van der Waals surface area contributed by atoms with Gasteiger partial charge in [-0.2, -0.15) is 20.4 Å². The van der Waals surface area contributed by atoms with Crippen LogP contribution in [0.2, 0.25) is 0 Å². The quantitative estimate of drug-likeness (QED) is 0.0320. The highest BCUT2D eigenvalue weighted by Gasteiger charge is 2.65. The number of rotatable bonds is 11. The van der Waals surface area contributed by atoms with E-state index in [1.807, 2.05) is 61.8 Å². The number of carbonyl (C=O) groups is 10. The van der Waals surface area contributed by atoms with E-state index >= 15 is 0 Å². The third-order valence-corrected chi connectivity index (χ3v) is 35.8. The predicted octanol–water partition coefficient (Wildman–Crippen LogP) is 19.1. The van der Waals surface area contributed by atoms with Crippen LogP contribution < -0.4 is 0 Å². The summed E-state index contributed by atoms with van der Waals surface area (Å²) in [6.45, 7) is 40.2. The Kier molecular flexibility index (Phi) is 38.5. The van der Waals surface area contributed by atoms with Gasteiger partial charge in [-0.15, -0.1) is 0 Å². The fourth-order valence-electron chi connectivity index (χ4n) is 28.6. The zero-order valence-corrected chi connectivity index (χ0v) is 84.2. The first kappa shape index (κ1) is 119. The molecule has 5 aromatic heterocycles. The second-order valence-corrected chi connectivity index (χ2v) is 42.6. The number of hydrogen-bond acceptors (Lipinski definition) is 28. The predicted molar refractivity (Wildman–Crippen MR) is 542 cm³/mol. The van der Waals surface area contributed by atoms with Crippen LogP contribution in [0.15, 0.2) is 22.6 Å². The molecule has 19 atom stereocenters. The largest absolute Gasteiger partial charge is 0.515 e. The van der Waals surface area contributed by atoms with Gasteiger partial charge in [-0.1, -0.05) is 140 Å². The van der Waals surface area contributed by atoms with Crippen LogP contribution in [0.25, 0.3) is 0 Å². The zero-order chi connectivity index (χ0) is 98.2. The van der Waals surface area contributed by atoms with Gasteiger partial charge >= 0.3 is 29.8 Å². The van der Waals surface area contributed by atoms with Gasteiger partial charge in [0.2, 0.25) is 5.78 Å². The van der Waals surface area contributed by atoms with Crippen LogP contribution in [0.1, 0.15) is 389 Å². The number of aliphatic hydroxyl groups excluding tert-OH is 1. The van der Waals surface area contributed by atoms with Crippen molar-refractivity contribution in [2.24, 2.45) is 110 Å². The van der Waals surface area contributed by atoms with Crippen molar-refractivity contribution in [3.63, 3.8) is 0 Å². The molecule has 3 aliphatic heterocycles. The lowest BCUT2D eigenvalue weighted by atomic mass is 9.52. The summed E-state index contributed by atoms with van der Waals surface area (Å²) in [4.78, 5) is 123. The van der Waals surface area contributed by atoms with Crippen molar-refractivity contribution in [2.75, 3.05) is 72.7 Å². The van der Waals surface area contributed by atoms with Crippen molar-refractivity contribution in [1.29, 1.82) is 0 Å². The lowest BCUT2D eigenvalue weighted by Gasteiger charge is -2.54. The molecule has 0 radical (unpaired) electrons. The van der Waals surface area contributed by atoms with Crippen molar-refractivity contribution in [3.05, 3.63) is 97.2 Å². The number of ketones is 5. The number of ether oxygens (including phenoxy) is 11. The number of nitrogens with zero attached hydrogens (tertiary/aromatic N) is 9. The minimum atomic E-state index is -0.888. The lowest BCUT2D eigenvalue weighted by molar-refractivity contribution is -0.244. The number of carbonyl (C=O) groups excluding carboxylic acids is 10. The smallest absolute Gasteiger partial charge is 0.375 e. The highest BCUT2D eigenvalue weighted by Crippen LogP contribution is 2.63. The highest BCUT2D eigenvalue weighted by molar-refractivity contribution is 6.38. The van der Waals surface area contributed by atoms with E-state index in [1.54, 1.807) is 46.7 Å². The molecule has 15 aliphatic rings. The van der Waals surface area contributed by atoms with Crippen molar-refractivity contribution in [3.8, 4) is 0 Å². The summed E-state index contributed by atoms with van der Waals surface area (Å²) < 4.78 is 73.5. The van der Waals surface area contributed by atoms with Gasteiger partial charge in [0.05, 0.1) is 114 Å². The Bertz CT molecular complexity index is 5420. The summed E-state index contributed by atoms with van der Waals surface area (Å²) >= 11 is 0. The second-order valence-electron chi connectivity index (χ2n) is 42.6. The molecular weight excluding hydrogens is 1830 g/mol. The van der Waals surface area contributed by atoms with E-state index in [-0.39, 0.29) is 156 Å². The number of aryl methyl sites for hydroxylation is 4. The molecule has 5 aromatic rings. The molecule has 0 aromatic carbocycles. The van der Waals surface area contributed by atoms with Gasteiger partial charge < -0.3 is 61.7 Å². The van der Waals surface area contributed by atoms with Gasteiger partial charge in [-0.25, -0.2) is 24.0 Å². The maximum absolute atomic E-state index is 13.1. The van der Waals surface area contributed by atoms with Crippen molar-refractivity contribution < 1.29 is 110 Å². The Morgan fingerprint density at radius 3 is 1.14 bits per heavy atom. The summed E-state index contributed by atoms with van der Waals surface area (Å²) in [7, 11) is 7.24. The molecule has 32 nitrogen and oxygen atoms in total. The zero-order valence-electron chi connectivity index (χ0n) is 84.2. The monoisotopic (exact) mass is 2000 g/mol. The molecule has 12 aliphatic carbocycles. The molecule has 0 bridgehead atoms. The van der Waals surface area contributed by atoms with Crippen LogP contribution in [0, 0.1) is 81.8 Å². The molecule has 0 amide bonds. The van der Waals surface area contributed by atoms with E-state index in [0.29, 0.717) is 192 Å². The summed E-state index contributed by atoms with van der Waals surface area (Å²) in [5, 5.41) is 32.3. The molecule has 32 heteroatoms. The Morgan fingerprint density at radius 1 is 0.399 bits per heavy atom. The van der Waals surface area contributed by atoms with Crippen molar-refractivity contribution in [1.82, 2.24) is 44.3 Å². The van der Waals surface area contributed by atoms with Crippen LogP contribution in [-0.4, -0.2) is 198 Å². The summed E-state index contributed by atoms with van der Waals surface area (Å²) in [6, 6.07) is 0. The molecule has 20 rings (SSSR count). The molecule has 7 saturated carbocycles. The molecule has 8 heterocycles. The Hall–Kier alpha value is -8.95. The van der Waals surface area contributed by atoms with Crippen molar-refractivity contribution in [2.45, 2.75) is 362 Å². The summed E-state index contributed by atoms with van der Waals surface area (Å²) in [5.41, 5.74) is 10.7. The van der Waals surface area contributed by atoms with Crippen LogP contribution in [0.5, 0.6) is 0 Å². The van der Waals surface area contributed by atoms with E-state index in [1.165, 1.54) is 0 Å². The molecule has 3 spiro atoms. The van der Waals surface area contributed by atoms with Gasteiger partial charge in [0.25, 0.3) is 0 Å². The maximum atomic E-state index is 13.1. The minimum absolute atomic E-state index is 0. The standard InChI is InChI=1S/C19H28N2O4.C18H23N3O3.C18H24N2O4.C18H26O6.C17H24N2O3.C14H22O3.7CH4/c1-5-23-17(22)15-13-6-7-14-12(2)19(24-10-11-25-19)9-8-18(14,3)16(13)20-21(15)4;1-5-23-17(22)14-12-6-7-13-10(2)15-11(9-19-24-15)8-18(13,3)16(12)20-21(14)4;1-5-24-17(23)14-12-6-7-13-10(2)15(22)11(9-21)8-18(13,3)16(12)19-20(14)4;1-4-22-16(21)14(19)12-5-6-13-11(2)18(23-9-10-24-18)8-7-17(13,3)15(12)20;1-5-22-16(21)14-11-6-7-12-10(2)13(20)8-9-17(12,3)15(11)18-19(14)4;1-10-11-4-3-5-12(15)13(11,2)6-7-14(10)16-8-9-17-14;;;;;;;/h12,14H,5-11H2,1-4H3;9-10,13H,5-8H2,1-4H3;9-10,13,21H,5-8H2,1-4H3;11-13H,4-10H2,1-3H3;10,12H,5-9H2,1-4H3;10-11H,3-9H2,1-2H3;7*1H4/b;;11-9-;;;;;;;;;;/t12-,14-,18-;2*10-,13-,18-;11-,12?,13-,17-;10-,12-,17-;10-,11-,13-;;;;;;;/m000000......./s1. The van der Waals surface area contributed by atoms with E-state index in [0.717, 1.165) is 165 Å². The van der Waals surface area contributed by atoms with Crippen LogP contribution in [0.3, 0.4) is 0 Å².